The predicted octanol–water partition coefficient (Wildman–Crippen LogP) is -0.208. The summed E-state index contributed by atoms with van der Waals surface area (Å²) in [4.78, 5) is 20.6. The summed E-state index contributed by atoms with van der Waals surface area (Å²) in [5.74, 6) is -2.51. The molecule has 0 bridgehead atoms. The van der Waals surface area contributed by atoms with Crippen LogP contribution in [-0.4, -0.2) is 35.9 Å². The fourth-order valence-corrected chi connectivity index (χ4v) is 1.77. The summed E-state index contributed by atoms with van der Waals surface area (Å²) in [5, 5.41) is 8.23. The lowest BCUT2D eigenvalue weighted by Crippen LogP contribution is -2.21. The molecule has 0 aromatic carbocycles. The van der Waals surface area contributed by atoms with Crippen LogP contribution in [-0.2, 0) is 19.1 Å². The van der Waals surface area contributed by atoms with Crippen LogP contribution < -0.4 is 0 Å². The van der Waals surface area contributed by atoms with Gasteiger partial charge in [-0.25, -0.2) is 9.59 Å². The molecule has 0 spiro atoms. The Labute approximate surface area is 74.6 Å². The van der Waals surface area contributed by atoms with Gasteiger partial charge < -0.3 is 14.6 Å². The molecule has 0 aromatic rings. The summed E-state index contributed by atoms with van der Waals surface area (Å²) in [6.45, 7) is 0.173. The van der Waals surface area contributed by atoms with Gasteiger partial charge in [0, 0.05) is 5.92 Å². The van der Waals surface area contributed by atoms with Crippen LogP contribution in [0.25, 0.3) is 0 Å². The van der Waals surface area contributed by atoms with Gasteiger partial charge in [0.25, 0.3) is 0 Å². The maximum atomic E-state index is 10.6. The number of aliphatic carboxylic acids is 1. The molecule has 5 heteroatoms. The molecule has 1 saturated heterocycles. The van der Waals surface area contributed by atoms with E-state index < -0.39 is 11.9 Å². The minimum Gasteiger partial charge on any atom is -0.473 e. The highest BCUT2D eigenvalue weighted by atomic mass is 16.6. The van der Waals surface area contributed by atoms with Crippen molar-refractivity contribution in [2.45, 2.75) is 25.0 Å². The number of fused-ring (bicyclic) bond motifs is 1. The lowest BCUT2D eigenvalue weighted by Gasteiger charge is -2.09. The normalized spacial score (nSPS) is 35.2. The molecule has 5 nitrogen and oxygen atoms in total. The number of ether oxygens (including phenoxy) is 2. The van der Waals surface area contributed by atoms with Crippen molar-refractivity contribution >= 4 is 11.9 Å². The van der Waals surface area contributed by atoms with E-state index in [1.54, 1.807) is 0 Å². The van der Waals surface area contributed by atoms with Crippen molar-refractivity contribution in [3.63, 3.8) is 0 Å². The Bertz CT molecular complexity index is 249. The number of hydrogen-bond acceptors (Lipinski definition) is 4. The molecule has 1 saturated carbocycles. The van der Waals surface area contributed by atoms with E-state index in [9.17, 15) is 9.59 Å². The Morgan fingerprint density at radius 2 is 2.23 bits per heavy atom. The van der Waals surface area contributed by atoms with Crippen molar-refractivity contribution in [1.82, 2.24) is 0 Å². The van der Waals surface area contributed by atoms with Crippen molar-refractivity contribution in [3.05, 3.63) is 0 Å². The summed E-state index contributed by atoms with van der Waals surface area (Å²) in [5.41, 5.74) is 0. The number of carboxylic acids is 1. The van der Waals surface area contributed by atoms with Gasteiger partial charge in [-0.15, -0.1) is 0 Å². The van der Waals surface area contributed by atoms with Gasteiger partial charge >= 0.3 is 11.9 Å². The van der Waals surface area contributed by atoms with Crippen molar-refractivity contribution in [2.24, 2.45) is 5.92 Å². The van der Waals surface area contributed by atoms with Gasteiger partial charge in [-0.3, -0.25) is 0 Å². The van der Waals surface area contributed by atoms with Crippen LogP contribution in [0, 0.1) is 5.92 Å². The molecule has 0 aromatic heterocycles. The standard InChI is InChI=1S/C8H10O5/c9-7(10)8(11)12-3-4-1-2-5-6(4)13-5/h4-6H,1-3H2,(H,9,10). The second kappa shape index (κ2) is 2.99. The Balaban J connectivity index is 1.73. The van der Waals surface area contributed by atoms with Crippen LogP contribution in [0.15, 0.2) is 0 Å². The first-order valence-corrected chi connectivity index (χ1v) is 4.24. The SMILES string of the molecule is O=C(O)C(=O)OCC1CCC2OC12. The molecule has 13 heavy (non-hydrogen) atoms. The molecule has 2 fully saturated rings. The van der Waals surface area contributed by atoms with E-state index in [2.05, 4.69) is 4.74 Å². The van der Waals surface area contributed by atoms with E-state index in [4.69, 9.17) is 9.84 Å². The quantitative estimate of drug-likeness (QED) is 0.367. The van der Waals surface area contributed by atoms with Gasteiger partial charge in [0.05, 0.1) is 18.8 Å². The van der Waals surface area contributed by atoms with E-state index >= 15 is 0 Å². The fourth-order valence-electron chi connectivity index (χ4n) is 1.77. The molecule has 0 amide bonds. The molecule has 3 unspecified atom stereocenters. The maximum absolute atomic E-state index is 10.6. The summed E-state index contributed by atoms with van der Waals surface area (Å²) < 4.78 is 9.79. The van der Waals surface area contributed by atoms with Gasteiger partial charge in [-0.2, -0.15) is 0 Å². The molecular weight excluding hydrogens is 176 g/mol. The average Bonchev–Trinajstić information content (AvgIpc) is 2.77. The van der Waals surface area contributed by atoms with Crippen LogP contribution in [0.2, 0.25) is 0 Å². The molecule has 0 radical (unpaired) electrons. The van der Waals surface area contributed by atoms with Crippen molar-refractivity contribution in [1.29, 1.82) is 0 Å². The topological polar surface area (TPSA) is 76.1 Å². The lowest BCUT2D eigenvalue weighted by atomic mass is 10.1. The number of carboxylic acid groups (broad SMARTS) is 1. The number of esters is 1. The Kier molecular flexibility index (Phi) is 1.95. The average molecular weight is 186 g/mol. The predicted molar refractivity (Wildman–Crippen MR) is 40.0 cm³/mol. The smallest absolute Gasteiger partial charge is 0.417 e. The molecular formula is C8H10O5. The first-order chi connectivity index (χ1) is 6.18. The van der Waals surface area contributed by atoms with Gasteiger partial charge in [0.15, 0.2) is 0 Å². The molecule has 3 atom stereocenters. The molecule has 72 valence electrons. The fraction of sp³-hybridized carbons (Fsp3) is 0.750. The first-order valence-electron chi connectivity index (χ1n) is 4.24. The molecule has 2 rings (SSSR count). The summed E-state index contributed by atoms with van der Waals surface area (Å²) >= 11 is 0. The largest absolute Gasteiger partial charge is 0.473 e. The van der Waals surface area contributed by atoms with Gasteiger partial charge in [-0.1, -0.05) is 0 Å². The van der Waals surface area contributed by atoms with Crippen LogP contribution in [0.5, 0.6) is 0 Å². The second-order valence-corrected chi connectivity index (χ2v) is 3.38. The number of epoxide rings is 1. The van der Waals surface area contributed by atoms with Crippen LogP contribution in [0.1, 0.15) is 12.8 Å². The minimum atomic E-state index is -1.54. The Morgan fingerprint density at radius 1 is 1.46 bits per heavy atom. The Morgan fingerprint density at radius 3 is 2.69 bits per heavy atom. The van der Waals surface area contributed by atoms with E-state index in [-0.39, 0.29) is 18.6 Å². The van der Waals surface area contributed by atoms with Crippen LogP contribution in [0.4, 0.5) is 0 Å². The van der Waals surface area contributed by atoms with Gasteiger partial charge in [0.2, 0.25) is 0 Å². The summed E-state index contributed by atoms with van der Waals surface area (Å²) in [6, 6.07) is 0. The zero-order chi connectivity index (χ0) is 9.42. The third-order valence-corrected chi connectivity index (χ3v) is 2.51. The number of carbonyl (C=O) groups is 2. The van der Waals surface area contributed by atoms with Gasteiger partial charge in [-0.05, 0) is 12.8 Å². The zero-order valence-electron chi connectivity index (χ0n) is 6.93. The summed E-state index contributed by atoms with van der Waals surface area (Å²) in [7, 11) is 0. The third-order valence-electron chi connectivity index (χ3n) is 2.51. The van der Waals surface area contributed by atoms with Crippen molar-refractivity contribution in [2.75, 3.05) is 6.61 Å². The molecule has 1 heterocycles. The van der Waals surface area contributed by atoms with Crippen molar-refractivity contribution < 1.29 is 24.2 Å². The lowest BCUT2D eigenvalue weighted by molar-refractivity contribution is -0.164. The van der Waals surface area contributed by atoms with Crippen LogP contribution in [0.3, 0.4) is 0 Å². The highest BCUT2D eigenvalue weighted by molar-refractivity contribution is 6.28. The van der Waals surface area contributed by atoms with E-state index in [1.165, 1.54) is 0 Å². The van der Waals surface area contributed by atoms with E-state index in [1.807, 2.05) is 0 Å². The monoisotopic (exact) mass is 186 g/mol. The molecule has 1 N–H and O–H groups in total. The zero-order valence-corrected chi connectivity index (χ0v) is 6.93. The molecule has 1 aliphatic carbocycles. The number of rotatable bonds is 2. The van der Waals surface area contributed by atoms with E-state index in [0.29, 0.717) is 6.10 Å². The third kappa shape index (κ3) is 1.65. The number of carbonyl (C=O) groups excluding carboxylic acids is 1. The second-order valence-electron chi connectivity index (χ2n) is 3.38. The molecule has 1 aliphatic heterocycles. The Hall–Kier alpha value is -1.10. The summed E-state index contributed by atoms with van der Waals surface area (Å²) in [6.07, 6.45) is 2.51. The highest BCUT2D eigenvalue weighted by Gasteiger charge is 2.50. The number of hydrogen-bond donors (Lipinski definition) is 1. The van der Waals surface area contributed by atoms with Crippen LogP contribution >= 0.6 is 0 Å². The highest BCUT2D eigenvalue weighted by Crippen LogP contribution is 2.42. The van der Waals surface area contributed by atoms with Crippen molar-refractivity contribution in [3.8, 4) is 0 Å². The van der Waals surface area contributed by atoms with E-state index in [0.717, 1.165) is 12.8 Å². The maximum Gasteiger partial charge on any atom is 0.417 e. The minimum absolute atomic E-state index is 0.173. The first kappa shape index (κ1) is 8.50. The molecule has 2 aliphatic rings. The van der Waals surface area contributed by atoms with Gasteiger partial charge in [0.1, 0.15) is 0 Å².